The van der Waals surface area contributed by atoms with Crippen LogP contribution in [0, 0.1) is 5.92 Å². The Kier molecular flexibility index (Phi) is 4.55. The van der Waals surface area contributed by atoms with E-state index in [0.29, 0.717) is 0 Å². The molecule has 138 valence electrons. The molecule has 2 aliphatic rings. The lowest BCUT2D eigenvalue weighted by Gasteiger charge is -2.32. The molecule has 0 amide bonds. The van der Waals surface area contributed by atoms with Crippen molar-refractivity contribution in [2.45, 2.75) is 25.7 Å². The fraction of sp³-hybridized carbons (Fsp3) is 0.333. The second-order valence-corrected chi connectivity index (χ2v) is 8.42. The van der Waals surface area contributed by atoms with Crippen LogP contribution < -0.4 is 0 Å². The molecule has 1 aliphatic heterocycles. The van der Waals surface area contributed by atoms with Crippen molar-refractivity contribution >= 4 is 28.1 Å². The molecule has 1 unspecified atom stereocenters. The minimum absolute atomic E-state index is 0.762. The summed E-state index contributed by atoms with van der Waals surface area (Å²) >= 11 is 6.15. The van der Waals surface area contributed by atoms with Crippen LogP contribution >= 0.6 is 11.6 Å². The summed E-state index contributed by atoms with van der Waals surface area (Å²) in [5.74, 6) is 0.762. The largest absolute Gasteiger partial charge is 0.358 e. The van der Waals surface area contributed by atoms with Gasteiger partial charge >= 0.3 is 0 Å². The fourth-order valence-electron chi connectivity index (χ4n) is 4.79. The number of aryl methyl sites for hydroxylation is 1. The van der Waals surface area contributed by atoms with Gasteiger partial charge in [0, 0.05) is 41.3 Å². The molecule has 0 saturated heterocycles. The number of hydrogen-bond acceptors (Lipinski definition) is 1. The van der Waals surface area contributed by atoms with E-state index in [1.807, 2.05) is 12.1 Å². The number of fused-ring (bicyclic) bond motifs is 3. The first-order valence-electron chi connectivity index (χ1n) is 10.0. The molecule has 0 radical (unpaired) electrons. The molecule has 0 bridgehead atoms. The topological polar surface area (TPSA) is 19.0 Å². The first kappa shape index (κ1) is 17.1. The van der Waals surface area contributed by atoms with E-state index in [4.69, 9.17) is 11.6 Å². The maximum atomic E-state index is 6.15. The molecular weight excluding hydrogens is 352 g/mol. The molecule has 2 heterocycles. The van der Waals surface area contributed by atoms with Gasteiger partial charge in [-0.2, -0.15) is 0 Å². The molecule has 2 aromatic carbocycles. The normalized spacial score (nSPS) is 20.5. The molecule has 27 heavy (non-hydrogen) atoms. The standard InChI is InChI=1S/C24H25ClN2/c25-20-5-3-4-19(15-20)18-10-12-27(13-11-18)16-17-8-9-24-22(14-17)21-6-1-2-7-23(21)26-24/h1-7,10,15,17,26H,8-9,11-14,16H2. The minimum Gasteiger partial charge on any atom is -0.358 e. The third kappa shape index (κ3) is 3.44. The zero-order valence-corrected chi connectivity index (χ0v) is 16.3. The average Bonchev–Trinajstić information content (AvgIpc) is 3.07. The van der Waals surface area contributed by atoms with Crippen LogP contribution in [-0.2, 0) is 12.8 Å². The quantitative estimate of drug-likeness (QED) is 0.619. The van der Waals surface area contributed by atoms with E-state index in [1.165, 1.54) is 53.5 Å². The molecule has 1 N–H and O–H groups in total. The Labute approximate surface area is 165 Å². The molecule has 0 fully saturated rings. The summed E-state index contributed by atoms with van der Waals surface area (Å²) in [4.78, 5) is 6.26. The highest BCUT2D eigenvalue weighted by molar-refractivity contribution is 6.30. The van der Waals surface area contributed by atoms with Gasteiger partial charge in [0.15, 0.2) is 0 Å². The maximum Gasteiger partial charge on any atom is 0.0458 e. The second-order valence-electron chi connectivity index (χ2n) is 7.99. The van der Waals surface area contributed by atoms with E-state index < -0.39 is 0 Å². The number of para-hydroxylation sites is 1. The lowest BCUT2D eigenvalue weighted by Crippen LogP contribution is -2.35. The zero-order chi connectivity index (χ0) is 18.2. The van der Waals surface area contributed by atoms with Gasteiger partial charge in [-0.25, -0.2) is 0 Å². The summed E-state index contributed by atoms with van der Waals surface area (Å²) in [7, 11) is 0. The molecule has 1 atom stereocenters. The van der Waals surface area contributed by atoms with Crippen LogP contribution in [0.2, 0.25) is 5.02 Å². The number of benzene rings is 2. The van der Waals surface area contributed by atoms with E-state index in [1.54, 1.807) is 5.56 Å². The minimum atomic E-state index is 0.762. The van der Waals surface area contributed by atoms with Gasteiger partial charge in [0.2, 0.25) is 0 Å². The van der Waals surface area contributed by atoms with Gasteiger partial charge in [0.1, 0.15) is 0 Å². The summed E-state index contributed by atoms with van der Waals surface area (Å²) in [6.07, 6.45) is 7.20. The van der Waals surface area contributed by atoms with Crippen molar-refractivity contribution in [3.05, 3.63) is 76.5 Å². The van der Waals surface area contributed by atoms with Gasteiger partial charge in [0.25, 0.3) is 0 Å². The Hall–Kier alpha value is -2.03. The monoisotopic (exact) mass is 376 g/mol. The number of nitrogens with zero attached hydrogens (tertiary/aromatic N) is 1. The lowest BCUT2D eigenvalue weighted by atomic mass is 9.85. The van der Waals surface area contributed by atoms with Gasteiger partial charge in [-0.3, -0.25) is 4.90 Å². The highest BCUT2D eigenvalue weighted by Crippen LogP contribution is 2.33. The fourth-order valence-corrected chi connectivity index (χ4v) is 4.98. The Morgan fingerprint density at radius 1 is 1.07 bits per heavy atom. The van der Waals surface area contributed by atoms with E-state index >= 15 is 0 Å². The van der Waals surface area contributed by atoms with Crippen molar-refractivity contribution in [1.29, 1.82) is 0 Å². The Morgan fingerprint density at radius 2 is 2.00 bits per heavy atom. The summed E-state index contributed by atoms with van der Waals surface area (Å²) in [5.41, 5.74) is 7.05. The zero-order valence-electron chi connectivity index (χ0n) is 15.5. The first-order chi connectivity index (χ1) is 13.3. The molecule has 0 saturated carbocycles. The Morgan fingerprint density at radius 3 is 2.85 bits per heavy atom. The van der Waals surface area contributed by atoms with E-state index in [0.717, 1.165) is 30.5 Å². The van der Waals surface area contributed by atoms with Crippen molar-refractivity contribution in [2.75, 3.05) is 19.6 Å². The average molecular weight is 377 g/mol. The van der Waals surface area contributed by atoms with Crippen LogP contribution in [0.5, 0.6) is 0 Å². The van der Waals surface area contributed by atoms with Crippen LogP contribution in [0.25, 0.3) is 16.5 Å². The van der Waals surface area contributed by atoms with E-state index in [-0.39, 0.29) is 0 Å². The van der Waals surface area contributed by atoms with E-state index in [2.05, 4.69) is 52.4 Å². The highest BCUT2D eigenvalue weighted by Gasteiger charge is 2.24. The van der Waals surface area contributed by atoms with Crippen LogP contribution in [0.4, 0.5) is 0 Å². The maximum absolute atomic E-state index is 6.15. The van der Waals surface area contributed by atoms with Crippen LogP contribution in [0.3, 0.4) is 0 Å². The summed E-state index contributed by atoms with van der Waals surface area (Å²) in [5, 5.41) is 2.26. The van der Waals surface area contributed by atoms with Crippen molar-refractivity contribution in [1.82, 2.24) is 9.88 Å². The van der Waals surface area contributed by atoms with Gasteiger partial charge in [-0.1, -0.05) is 48.0 Å². The van der Waals surface area contributed by atoms with E-state index in [9.17, 15) is 0 Å². The smallest absolute Gasteiger partial charge is 0.0458 e. The summed E-state index contributed by atoms with van der Waals surface area (Å²) in [6, 6.07) is 17.0. The number of H-pyrrole nitrogens is 1. The lowest BCUT2D eigenvalue weighted by molar-refractivity contribution is 0.238. The number of aromatic nitrogens is 1. The number of aromatic amines is 1. The molecule has 1 aliphatic carbocycles. The molecule has 1 aromatic heterocycles. The molecule has 3 heteroatoms. The van der Waals surface area contributed by atoms with Gasteiger partial charge in [0.05, 0.1) is 0 Å². The predicted octanol–water partition coefficient (Wildman–Crippen LogP) is 5.72. The highest BCUT2D eigenvalue weighted by atomic mass is 35.5. The number of hydrogen-bond donors (Lipinski definition) is 1. The SMILES string of the molecule is Clc1cccc(C2=CCN(CC3CCc4[nH]c5ccccc5c4C3)CC2)c1. The predicted molar refractivity (Wildman–Crippen MR) is 114 cm³/mol. The van der Waals surface area contributed by atoms with Crippen molar-refractivity contribution < 1.29 is 0 Å². The third-order valence-corrected chi connectivity index (χ3v) is 6.44. The number of rotatable bonds is 3. The number of halogens is 1. The summed E-state index contributed by atoms with van der Waals surface area (Å²) in [6.45, 7) is 3.41. The van der Waals surface area contributed by atoms with Crippen molar-refractivity contribution in [3.8, 4) is 0 Å². The second kappa shape index (κ2) is 7.18. The van der Waals surface area contributed by atoms with Gasteiger partial charge in [-0.05, 0) is 66.5 Å². The van der Waals surface area contributed by atoms with Crippen LogP contribution in [-0.4, -0.2) is 29.5 Å². The summed E-state index contributed by atoms with van der Waals surface area (Å²) < 4.78 is 0. The first-order valence-corrected chi connectivity index (χ1v) is 10.4. The van der Waals surface area contributed by atoms with Crippen molar-refractivity contribution in [2.24, 2.45) is 5.92 Å². The number of nitrogens with one attached hydrogen (secondary N) is 1. The molecule has 5 rings (SSSR count). The molecule has 0 spiro atoms. The van der Waals surface area contributed by atoms with Crippen LogP contribution in [0.15, 0.2) is 54.6 Å². The molecular formula is C24H25ClN2. The van der Waals surface area contributed by atoms with Gasteiger partial charge < -0.3 is 4.98 Å². The molecule has 3 aromatic rings. The van der Waals surface area contributed by atoms with Gasteiger partial charge in [-0.15, -0.1) is 0 Å². The molecule has 2 nitrogen and oxygen atoms in total. The van der Waals surface area contributed by atoms with Crippen molar-refractivity contribution in [3.63, 3.8) is 0 Å². The van der Waals surface area contributed by atoms with Crippen LogP contribution in [0.1, 0.15) is 29.7 Å². The third-order valence-electron chi connectivity index (χ3n) is 6.20. The Bertz CT molecular complexity index is 1000. The Balaban J connectivity index is 1.26.